The van der Waals surface area contributed by atoms with Crippen molar-refractivity contribution < 1.29 is 4.74 Å². The van der Waals surface area contributed by atoms with Gasteiger partial charge in [-0.3, -0.25) is 4.98 Å². The van der Waals surface area contributed by atoms with E-state index in [2.05, 4.69) is 22.9 Å². The van der Waals surface area contributed by atoms with Crippen molar-refractivity contribution in [1.82, 2.24) is 4.98 Å². The Morgan fingerprint density at radius 2 is 2.41 bits per heavy atom. The molecule has 1 fully saturated rings. The molecule has 0 radical (unpaired) electrons. The van der Waals surface area contributed by atoms with Crippen LogP contribution in [0, 0.1) is 0 Å². The zero-order valence-corrected chi connectivity index (χ0v) is 10.6. The minimum Gasteiger partial charge on any atom is -0.375 e. The molecule has 0 aromatic carbocycles. The first kappa shape index (κ1) is 12.3. The van der Waals surface area contributed by atoms with Gasteiger partial charge in [0.2, 0.25) is 0 Å². The van der Waals surface area contributed by atoms with E-state index in [4.69, 9.17) is 10.5 Å². The van der Waals surface area contributed by atoms with E-state index in [-0.39, 0.29) is 6.04 Å². The maximum atomic E-state index is 5.79. The number of morpholine rings is 1. The third-order valence-electron chi connectivity index (χ3n) is 3.20. The fraction of sp³-hybridized carbons (Fsp3) is 0.615. The summed E-state index contributed by atoms with van der Waals surface area (Å²) in [5.74, 6) is 0. The van der Waals surface area contributed by atoms with Gasteiger partial charge in [0.25, 0.3) is 0 Å². The average Bonchev–Trinajstić information content (AvgIpc) is 2.39. The Morgan fingerprint density at radius 3 is 3.00 bits per heavy atom. The molecule has 0 aliphatic carbocycles. The molecule has 17 heavy (non-hydrogen) atoms. The van der Waals surface area contributed by atoms with E-state index < -0.39 is 0 Å². The van der Waals surface area contributed by atoms with Crippen molar-refractivity contribution in [3.8, 4) is 0 Å². The molecule has 1 aromatic heterocycles. The number of aromatic nitrogens is 1. The number of anilines is 1. The standard InChI is InChI=1S/C13H21N3O/c1-3-12-9-16(6-7-17-12)11-4-5-13(10(2)14)15-8-11/h4-5,8,10,12H,3,6-7,9,14H2,1-2H3/t10-,12?/m1/s1. The van der Waals surface area contributed by atoms with Crippen LogP contribution in [0.3, 0.4) is 0 Å². The van der Waals surface area contributed by atoms with Gasteiger partial charge >= 0.3 is 0 Å². The first-order valence-corrected chi connectivity index (χ1v) is 6.28. The summed E-state index contributed by atoms with van der Waals surface area (Å²) in [7, 11) is 0. The lowest BCUT2D eigenvalue weighted by atomic mass is 10.2. The third-order valence-corrected chi connectivity index (χ3v) is 3.20. The first-order valence-electron chi connectivity index (χ1n) is 6.28. The molecule has 0 saturated carbocycles. The van der Waals surface area contributed by atoms with Crippen LogP contribution in [-0.2, 0) is 4.74 Å². The van der Waals surface area contributed by atoms with Crippen molar-refractivity contribution in [1.29, 1.82) is 0 Å². The van der Waals surface area contributed by atoms with Gasteiger partial charge in [0.1, 0.15) is 0 Å². The largest absolute Gasteiger partial charge is 0.375 e. The summed E-state index contributed by atoms with van der Waals surface area (Å²) in [6.07, 6.45) is 3.32. The highest BCUT2D eigenvalue weighted by Crippen LogP contribution is 2.19. The van der Waals surface area contributed by atoms with Gasteiger partial charge in [-0.1, -0.05) is 6.92 Å². The normalized spacial score (nSPS) is 22.5. The van der Waals surface area contributed by atoms with Crippen LogP contribution in [0.1, 0.15) is 32.0 Å². The van der Waals surface area contributed by atoms with Crippen LogP contribution in [0.4, 0.5) is 5.69 Å². The van der Waals surface area contributed by atoms with Crippen LogP contribution in [-0.4, -0.2) is 30.8 Å². The van der Waals surface area contributed by atoms with E-state index in [1.54, 1.807) is 0 Å². The number of hydrogen-bond acceptors (Lipinski definition) is 4. The molecule has 1 saturated heterocycles. The quantitative estimate of drug-likeness (QED) is 0.866. The molecule has 1 aliphatic rings. The van der Waals surface area contributed by atoms with Gasteiger partial charge in [-0.2, -0.15) is 0 Å². The molecule has 4 nitrogen and oxygen atoms in total. The summed E-state index contributed by atoms with van der Waals surface area (Å²) in [5, 5.41) is 0. The van der Waals surface area contributed by atoms with Crippen molar-refractivity contribution in [2.75, 3.05) is 24.6 Å². The topological polar surface area (TPSA) is 51.4 Å². The van der Waals surface area contributed by atoms with Crippen molar-refractivity contribution in [3.05, 3.63) is 24.0 Å². The summed E-state index contributed by atoms with van der Waals surface area (Å²) in [6, 6.07) is 4.11. The summed E-state index contributed by atoms with van der Waals surface area (Å²) in [4.78, 5) is 6.73. The van der Waals surface area contributed by atoms with Crippen LogP contribution in [0.25, 0.3) is 0 Å². The number of nitrogens with zero attached hydrogens (tertiary/aromatic N) is 2. The molecule has 94 valence electrons. The number of ether oxygens (including phenoxy) is 1. The minimum atomic E-state index is -0.00266. The fourth-order valence-electron chi connectivity index (χ4n) is 2.05. The highest BCUT2D eigenvalue weighted by atomic mass is 16.5. The van der Waals surface area contributed by atoms with E-state index in [1.165, 1.54) is 0 Å². The van der Waals surface area contributed by atoms with Gasteiger partial charge in [-0.05, 0) is 25.5 Å². The Labute approximate surface area is 103 Å². The number of rotatable bonds is 3. The number of hydrogen-bond donors (Lipinski definition) is 1. The lowest BCUT2D eigenvalue weighted by Gasteiger charge is -2.34. The Kier molecular flexibility index (Phi) is 3.97. The summed E-state index contributed by atoms with van der Waals surface area (Å²) >= 11 is 0. The van der Waals surface area contributed by atoms with Crippen molar-refractivity contribution >= 4 is 5.69 Å². The molecule has 0 bridgehead atoms. The highest BCUT2D eigenvalue weighted by Gasteiger charge is 2.19. The molecule has 4 heteroatoms. The molecule has 0 amide bonds. The molecular weight excluding hydrogens is 214 g/mol. The van der Waals surface area contributed by atoms with Crippen LogP contribution in [0.2, 0.25) is 0 Å². The van der Waals surface area contributed by atoms with E-state index in [9.17, 15) is 0 Å². The molecule has 1 aromatic rings. The highest BCUT2D eigenvalue weighted by molar-refractivity contribution is 5.45. The van der Waals surface area contributed by atoms with Gasteiger partial charge < -0.3 is 15.4 Å². The van der Waals surface area contributed by atoms with Crippen molar-refractivity contribution in [3.63, 3.8) is 0 Å². The number of pyridine rings is 1. The second kappa shape index (κ2) is 5.47. The predicted octanol–water partition coefficient (Wildman–Crippen LogP) is 1.72. The van der Waals surface area contributed by atoms with E-state index in [0.29, 0.717) is 6.10 Å². The van der Waals surface area contributed by atoms with Crippen LogP contribution in [0.5, 0.6) is 0 Å². The second-order valence-electron chi connectivity index (χ2n) is 4.58. The SMILES string of the molecule is CCC1CN(c2ccc([C@@H](C)N)nc2)CCO1. The van der Waals surface area contributed by atoms with Gasteiger partial charge in [0, 0.05) is 19.1 Å². The Balaban J connectivity index is 2.06. The zero-order valence-electron chi connectivity index (χ0n) is 10.6. The molecule has 2 rings (SSSR count). The molecule has 0 spiro atoms. The molecule has 2 heterocycles. The molecule has 1 aliphatic heterocycles. The average molecular weight is 235 g/mol. The molecule has 2 atom stereocenters. The van der Waals surface area contributed by atoms with Crippen LogP contribution < -0.4 is 10.6 Å². The van der Waals surface area contributed by atoms with Gasteiger partial charge in [0.05, 0.1) is 30.3 Å². The zero-order chi connectivity index (χ0) is 12.3. The van der Waals surface area contributed by atoms with E-state index >= 15 is 0 Å². The van der Waals surface area contributed by atoms with Gasteiger partial charge in [0.15, 0.2) is 0 Å². The second-order valence-corrected chi connectivity index (χ2v) is 4.58. The summed E-state index contributed by atoms with van der Waals surface area (Å²) in [5.41, 5.74) is 7.89. The van der Waals surface area contributed by atoms with Crippen LogP contribution in [0.15, 0.2) is 18.3 Å². The van der Waals surface area contributed by atoms with Gasteiger partial charge in [-0.25, -0.2) is 0 Å². The molecular formula is C13H21N3O. The Bertz CT molecular complexity index is 350. The first-order chi connectivity index (χ1) is 8.20. The minimum absolute atomic E-state index is 0.00266. The van der Waals surface area contributed by atoms with Crippen molar-refractivity contribution in [2.24, 2.45) is 5.73 Å². The van der Waals surface area contributed by atoms with Crippen molar-refractivity contribution in [2.45, 2.75) is 32.4 Å². The number of nitrogens with two attached hydrogens (primary N) is 1. The molecule has 1 unspecified atom stereocenters. The summed E-state index contributed by atoms with van der Waals surface area (Å²) in [6.45, 7) is 6.80. The maximum Gasteiger partial charge on any atom is 0.0748 e. The maximum absolute atomic E-state index is 5.79. The predicted molar refractivity (Wildman–Crippen MR) is 69.1 cm³/mol. The van der Waals surface area contributed by atoms with E-state index in [1.807, 2.05) is 19.2 Å². The smallest absolute Gasteiger partial charge is 0.0748 e. The Morgan fingerprint density at radius 1 is 1.59 bits per heavy atom. The lowest BCUT2D eigenvalue weighted by Crippen LogP contribution is -2.42. The third kappa shape index (κ3) is 2.96. The van der Waals surface area contributed by atoms with E-state index in [0.717, 1.165) is 37.5 Å². The van der Waals surface area contributed by atoms with Crippen LogP contribution >= 0.6 is 0 Å². The monoisotopic (exact) mass is 235 g/mol. The molecule has 2 N–H and O–H groups in total. The summed E-state index contributed by atoms with van der Waals surface area (Å²) < 4.78 is 5.66. The van der Waals surface area contributed by atoms with Gasteiger partial charge in [-0.15, -0.1) is 0 Å². The Hall–Kier alpha value is -1.13. The fourth-order valence-corrected chi connectivity index (χ4v) is 2.05. The lowest BCUT2D eigenvalue weighted by molar-refractivity contribution is 0.0384.